The Morgan fingerprint density at radius 1 is 1.15 bits per heavy atom. The van der Waals surface area contributed by atoms with Crippen LogP contribution < -0.4 is 20.3 Å². The smallest absolute Gasteiger partial charge is 0.269 e. The first-order chi connectivity index (χ1) is 13.1. The lowest BCUT2D eigenvalue weighted by atomic mass is 10.1. The Morgan fingerprint density at radius 2 is 1.93 bits per heavy atom. The van der Waals surface area contributed by atoms with E-state index in [9.17, 15) is 9.59 Å². The van der Waals surface area contributed by atoms with E-state index in [4.69, 9.17) is 14.7 Å². The number of carbonyl (C=O) groups excluding carboxylic acids is 2. The van der Waals surface area contributed by atoms with Crippen LogP contribution in [0, 0.1) is 11.3 Å². The molecule has 2 rings (SSSR count). The van der Waals surface area contributed by atoms with E-state index in [2.05, 4.69) is 10.9 Å². The second kappa shape index (κ2) is 9.63. The maximum atomic E-state index is 12.2. The first-order valence-corrected chi connectivity index (χ1v) is 8.17. The van der Waals surface area contributed by atoms with Crippen LogP contribution in [0.5, 0.6) is 11.5 Å². The van der Waals surface area contributed by atoms with Crippen LogP contribution in [0.4, 0.5) is 0 Å². The van der Waals surface area contributed by atoms with E-state index in [1.165, 1.54) is 25.3 Å². The van der Waals surface area contributed by atoms with Gasteiger partial charge in [0.2, 0.25) is 0 Å². The fourth-order valence-electron chi connectivity index (χ4n) is 2.23. The second-order valence-electron chi connectivity index (χ2n) is 5.27. The van der Waals surface area contributed by atoms with Gasteiger partial charge in [0, 0.05) is 11.6 Å². The Hall–Kier alpha value is -3.79. The third kappa shape index (κ3) is 5.34. The van der Waals surface area contributed by atoms with E-state index in [0.29, 0.717) is 34.8 Å². The maximum absolute atomic E-state index is 12.2. The van der Waals surface area contributed by atoms with Gasteiger partial charge in [-0.1, -0.05) is 18.2 Å². The Labute approximate surface area is 157 Å². The number of hydrazine groups is 1. The number of nitrogens with one attached hydrogen (secondary N) is 2. The van der Waals surface area contributed by atoms with Gasteiger partial charge in [-0.15, -0.1) is 0 Å². The Morgan fingerprint density at radius 3 is 2.63 bits per heavy atom. The van der Waals surface area contributed by atoms with Crippen molar-refractivity contribution < 1.29 is 19.1 Å². The number of rotatable bonds is 6. The van der Waals surface area contributed by atoms with Crippen LogP contribution in [0.25, 0.3) is 6.08 Å². The molecule has 0 atom stereocenters. The average molecular weight is 365 g/mol. The molecular weight excluding hydrogens is 346 g/mol. The standard InChI is InChI=1S/C20H19N3O4/c1-3-27-17-10-8-15(12-18(17)26-2)20(25)23-22-19(24)11-9-14-6-4-5-7-16(14)13-21/h4-12H,3H2,1-2H3,(H,22,24)(H,23,25)/b11-9+. The highest BCUT2D eigenvalue weighted by atomic mass is 16.5. The number of nitriles is 1. The Balaban J connectivity index is 1.98. The minimum absolute atomic E-state index is 0.300. The van der Waals surface area contributed by atoms with Crippen molar-refractivity contribution in [3.8, 4) is 17.6 Å². The molecule has 0 radical (unpaired) electrons. The number of amides is 2. The zero-order valence-corrected chi connectivity index (χ0v) is 15.0. The summed E-state index contributed by atoms with van der Waals surface area (Å²) in [4.78, 5) is 24.0. The summed E-state index contributed by atoms with van der Waals surface area (Å²) in [7, 11) is 1.48. The van der Waals surface area contributed by atoms with Crippen LogP contribution in [-0.4, -0.2) is 25.5 Å². The van der Waals surface area contributed by atoms with Crippen molar-refractivity contribution in [1.29, 1.82) is 5.26 Å². The topological polar surface area (TPSA) is 100 Å². The molecule has 7 heteroatoms. The predicted molar refractivity (Wildman–Crippen MR) is 100.0 cm³/mol. The van der Waals surface area contributed by atoms with Crippen molar-refractivity contribution in [1.82, 2.24) is 10.9 Å². The molecule has 0 saturated carbocycles. The molecule has 0 bridgehead atoms. The van der Waals surface area contributed by atoms with Gasteiger partial charge in [-0.05, 0) is 42.8 Å². The summed E-state index contributed by atoms with van der Waals surface area (Å²) in [5.74, 6) is -0.0898. The Kier molecular flexibility index (Phi) is 6.97. The highest BCUT2D eigenvalue weighted by Crippen LogP contribution is 2.27. The van der Waals surface area contributed by atoms with Gasteiger partial charge in [-0.3, -0.25) is 20.4 Å². The third-order valence-electron chi connectivity index (χ3n) is 3.52. The average Bonchev–Trinajstić information content (AvgIpc) is 2.71. The van der Waals surface area contributed by atoms with Crippen molar-refractivity contribution in [2.24, 2.45) is 0 Å². The normalized spacial score (nSPS) is 10.1. The molecule has 27 heavy (non-hydrogen) atoms. The van der Waals surface area contributed by atoms with E-state index in [-0.39, 0.29) is 0 Å². The van der Waals surface area contributed by atoms with Crippen LogP contribution in [0.2, 0.25) is 0 Å². The number of methoxy groups -OCH3 is 1. The molecule has 0 aliphatic carbocycles. The van der Waals surface area contributed by atoms with Gasteiger partial charge in [-0.25, -0.2) is 0 Å². The molecule has 0 aromatic heterocycles. The summed E-state index contributed by atoms with van der Waals surface area (Å²) in [6.45, 7) is 2.32. The summed E-state index contributed by atoms with van der Waals surface area (Å²) >= 11 is 0. The molecule has 7 nitrogen and oxygen atoms in total. The molecular formula is C20H19N3O4. The van der Waals surface area contributed by atoms with Crippen LogP contribution in [0.15, 0.2) is 48.5 Å². The summed E-state index contributed by atoms with van der Waals surface area (Å²) in [5, 5.41) is 9.02. The molecule has 0 aliphatic heterocycles. The molecule has 0 saturated heterocycles. The van der Waals surface area contributed by atoms with Crippen molar-refractivity contribution in [2.75, 3.05) is 13.7 Å². The minimum Gasteiger partial charge on any atom is -0.493 e. The first kappa shape index (κ1) is 19.5. The van der Waals surface area contributed by atoms with Crippen LogP contribution >= 0.6 is 0 Å². The number of hydrogen-bond acceptors (Lipinski definition) is 5. The van der Waals surface area contributed by atoms with Crippen LogP contribution in [0.1, 0.15) is 28.4 Å². The lowest BCUT2D eigenvalue weighted by Crippen LogP contribution is -2.40. The molecule has 2 amide bonds. The lowest BCUT2D eigenvalue weighted by Gasteiger charge is -2.11. The van der Waals surface area contributed by atoms with Gasteiger partial charge in [0.1, 0.15) is 0 Å². The van der Waals surface area contributed by atoms with E-state index in [1.807, 2.05) is 13.0 Å². The van der Waals surface area contributed by atoms with Crippen molar-refractivity contribution in [3.05, 3.63) is 65.2 Å². The monoisotopic (exact) mass is 365 g/mol. The van der Waals surface area contributed by atoms with E-state index >= 15 is 0 Å². The lowest BCUT2D eigenvalue weighted by molar-refractivity contribution is -0.117. The predicted octanol–water partition coefficient (Wildman–Crippen LogP) is 2.44. The van der Waals surface area contributed by atoms with Crippen LogP contribution in [-0.2, 0) is 4.79 Å². The van der Waals surface area contributed by atoms with Gasteiger partial charge in [0.25, 0.3) is 11.8 Å². The molecule has 2 N–H and O–H groups in total. The highest BCUT2D eigenvalue weighted by molar-refractivity contribution is 5.98. The van der Waals surface area contributed by atoms with Gasteiger partial charge in [-0.2, -0.15) is 5.26 Å². The van der Waals surface area contributed by atoms with Gasteiger partial charge in [0.05, 0.1) is 25.3 Å². The summed E-state index contributed by atoms with van der Waals surface area (Å²) in [6.07, 6.45) is 2.73. The minimum atomic E-state index is -0.533. The number of nitrogens with zero attached hydrogens (tertiary/aromatic N) is 1. The molecule has 0 unspecified atom stereocenters. The number of benzene rings is 2. The largest absolute Gasteiger partial charge is 0.493 e. The molecule has 138 valence electrons. The fourth-order valence-corrected chi connectivity index (χ4v) is 2.23. The fraction of sp³-hybridized carbons (Fsp3) is 0.150. The van der Waals surface area contributed by atoms with E-state index in [0.717, 1.165) is 0 Å². The van der Waals surface area contributed by atoms with Crippen molar-refractivity contribution >= 4 is 17.9 Å². The second-order valence-corrected chi connectivity index (χ2v) is 5.27. The van der Waals surface area contributed by atoms with E-state index in [1.54, 1.807) is 36.4 Å². The maximum Gasteiger partial charge on any atom is 0.269 e. The SMILES string of the molecule is CCOc1ccc(C(=O)NNC(=O)/C=C/c2ccccc2C#N)cc1OC. The zero-order valence-electron chi connectivity index (χ0n) is 15.0. The van der Waals surface area contributed by atoms with Gasteiger partial charge in [0.15, 0.2) is 11.5 Å². The van der Waals surface area contributed by atoms with Crippen LogP contribution in [0.3, 0.4) is 0 Å². The zero-order chi connectivity index (χ0) is 19.6. The quantitative estimate of drug-likeness (QED) is 0.605. The first-order valence-electron chi connectivity index (χ1n) is 8.17. The molecule has 0 aliphatic rings. The number of hydrogen-bond donors (Lipinski definition) is 2. The summed E-state index contributed by atoms with van der Waals surface area (Å²) in [5.41, 5.74) is 5.96. The summed E-state index contributed by atoms with van der Waals surface area (Å²) in [6, 6.07) is 13.6. The van der Waals surface area contributed by atoms with Crippen molar-refractivity contribution in [2.45, 2.75) is 6.92 Å². The van der Waals surface area contributed by atoms with E-state index < -0.39 is 11.8 Å². The Bertz CT molecular complexity index is 900. The number of ether oxygens (including phenoxy) is 2. The highest BCUT2D eigenvalue weighted by Gasteiger charge is 2.11. The molecule has 2 aromatic carbocycles. The molecule has 0 spiro atoms. The van der Waals surface area contributed by atoms with Gasteiger partial charge < -0.3 is 9.47 Å². The summed E-state index contributed by atoms with van der Waals surface area (Å²) < 4.78 is 10.6. The van der Waals surface area contributed by atoms with Crippen molar-refractivity contribution in [3.63, 3.8) is 0 Å². The third-order valence-corrected chi connectivity index (χ3v) is 3.52. The molecule has 2 aromatic rings. The molecule has 0 heterocycles. The molecule has 0 fully saturated rings. The number of carbonyl (C=O) groups is 2. The van der Waals surface area contributed by atoms with Gasteiger partial charge >= 0.3 is 0 Å².